The van der Waals surface area contributed by atoms with Crippen LogP contribution in [0.25, 0.3) is 11.0 Å². The first kappa shape index (κ1) is 20.4. The maximum Gasteiger partial charge on any atom is 0.264 e. The molecule has 160 valence electrons. The number of amides is 1. The largest absolute Gasteiger partial charge is 0.340 e. The number of aromatic nitrogens is 5. The van der Waals surface area contributed by atoms with Gasteiger partial charge in [-0.3, -0.25) is 9.48 Å². The van der Waals surface area contributed by atoms with Gasteiger partial charge in [0.15, 0.2) is 5.65 Å². The summed E-state index contributed by atoms with van der Waals surface area (Å²) in [6.07, 6.45) is -0.696. The van der Waals surface area contributed by atoms with Gasteiger partial charge >= 0.3 is 0 Å². The summed E-state index contributed by atoms with van der Waals surface area (Å²) >= 11 is 0. The molecule has 1 aliphatic rings. The van der Waals surface area contributed by atoms with Crippen molar-refractivity contribution >= 4 is 16.9 Å². The summed E-state index contributed by atoms with van der Waals surface area (Å²) in [4.78, 5) is 19.1. The van der Waals surface area contributed by atoms with Crippen molar-refractivity contribution in [3.63, 3.8) is 0 Å². The van der Waals surface area contributed by atoms with Crippen LogP contribution in [0.3, 0.4) is 0 Å². The molecule has 0 aromatic carbocycles. The van der Waals surface area contributed by atoms with Crippen LogP contribution < -0.4 is 0 Å². The lowest BCUT2D eigenvalue weighted by atomic mass is 10.1. The Morgan fingerprint density at radius 3 is 2.50 bits per heavy atom. The monoisotopic (exact) mass is 416 g/mol. The normalized spacial score (nSPS) is 14.1. The molecule has 0 saturated heterocycles. The van der Waals surface area contributed by atoms with Gasteiger partial charge in [-0.05, 0) is 39.7 Å². The smallest absolute Gasteiger partial charge is 0.264 e. The number of pyridine rings is 1. The number of nitrogens with zero attached hydrogens (tertiary/aromatic N) is 6. The van der Waals surface area contributed by atoms with Crippen molar-refractivity contribution in [3.8, 4) is 0 Å². The Morgan fingerprint density at radius 1 is 1.23 bits per heavy atom. The van der Waals surface area contributed by atoms with Crippen LogP contribution in [0.4, 0.5) is 8.78 Å². The first-order valence-electron chi connectivity index (χ1n) is 10.1. The molecule has 0 aliphatic heterocycles. The number of aryl methyl sites for hydroxylation is 3. The molecule has 9 heteroatoms. The van der Waals surface area contributed by atoms with Gasteiger partial charge in [0.25, 0.3) is 6.43 Å². The summed E-state index contributed by atoms with van der Waals surface area (Å²) in [6.45, 7) is 5.93. The van der Waals surface area contributed by atoms with Crippen LogP contribution in [0.1, 0.15) is 59.1 Å². The molecule has 3 aromatic rings. The van der Waals surface area contributed by atoms with Crippen molar-refractivity contribution in [1.82, 2.24) is 29.4 Å². The molecule has 0 N–H and O–H groups in total. The van der Waals surface area contributed by atoms with E-state index < -0.39 is 6.43 Å². The third kappa shape index (κ3) is 3.57. The molecule has 0 unspecified atom stereocenters. The Balaban J connectivity index is 1.64. The molecule has 3 aromatic heterocycles. The van der Waals surface area contributed by atoms with E-state index in [4.69, 9.17) is 0 Å². The van der Waals surface area contributed by atoms with Crippen LogP contribution in [-0.2, 0) is 24.9 Å². The van der Waals surface area contributed by atoms with E-state index >= 15 is 0 Å². The van der Waals surface area contributed by atoms with Gasteiger partial charge in [-0.25, -0.2) is 18.4 Å². The van der Waals surface area contributed by atoms with Crippen LogP contribution in [0, 0.1) is 20.8 Å². The number of hydrogen-bond donors (Lipinski definition) is 0. The molecule has 0 spiro atoms. The molecule has 4 rings (SSSR count). The molecule has 0 bridgehead atoms. The zero-order chi connectivity index (χ0) is 21.7. The molecule has 3 heterocycles. The first-order valence-corrected chi connectivity index (χ1v) is 10.1. The maximum absolute atomic E-state index is 13.7. The number of rotatable bonds is 6. The number of likely N-dealkylation sites (N-methyl/N-ethyl adjacent to an activating group) is 1. The van der Waals surface area contributed by atoms with Crippen LogP contribution in [0.5, 0.6) is 0 Å². The van der Waals surface area contributed by atoms with Gasteiger partial charge in [0, 0.05) is 49.1 Å². The summed E-state index contributed by atoms with van der Waals surface area (Å²) < 4.78 is 30.7. The third-order valence-electron chi connectivity index (χ3n) is 5.92. The second kappa shape index (κ2) is 7.45. The molecule has 0 atom stereocenters. The van der Waals surface area contributed by atoms with Crippen molar-refractivity contribution < 1.29 is 13.6 Å². The summed E-state index contributed by atoms with van der Waals surface area (Å²) in [5.74, 6) is 0.0599. The number of carbonyl (C=O) groups is 1. The highest BCUT2D eigenvalue weighted by Crippen LogP contribution is 2.41. The average molecular weight is 416 g/mol. The van der Waals surface area contributed by atoms with E-state index in [2.05, 4.69) is 15.2 Å². The third-order valence-corrected chi connectivity index (χ3v) is 5.92. The standard InChI is InChI=1S/C21H26F2N6O/c1-11-16(13(3)28(5)25-11)9-27(4)18(30)10-29-21-19(12(2)26-29)15(20(22)23)8-17(24-21)14-6-7-14/h8,14,20H,6-7,9-10H2,1-5H3. The van der Waals surface area contributed by atoms with Gasteiger partial charge in [-0.2, -0.15) is 10.2 Å². The Labute approximate surface area is 173 Å². The number of fused-ring (bicyclic) bond motifs is 1. The Bertz CT molecular complexity index is 1130. The fourth-order valence-electron chi connectivity index (χ4n) is 3.90. The summed E-state index contributed by atoms with van der Waals surface area (Å²) in [7, 11) is 3.59. The van der Waals surface area contributed by atoms with Crippen LogP contribution in [0.2, 0.25) is 0 Å². The number of hydrogen-bond acceptors (Lipinski definition) is 4. The molecule has 1 amide bonds. The number of halogens is 2. The van der Waals surface area contributed by atoms with Crippen molar-refractivity contribution in [2.45, 2.75) is 59.0 Å². The second-order valence-electron chi connectivity index (χ2n) is 8.18. The van der Waals surface area contributed by atoms with Crippen LogP contribution >= 0.6 is 0 Å². The van der Waals surface area contributed by atoms with E-state index in [9.17, 15) is 13.6 Å². The second-order valence-corrected chi connectivity index (χ2v) is 8.18. The number of alkyl halides is 2. The highest BCUT2D eigenvalue weighted by Gasteiger charge is 2.29. The minimum absolute atomic E-state index is 0.0481. The molecular weight excluding hydrogens is 390 g/mol. The van der Waals surface area contributed by atoms with Gasteiger partial charge in [0.05, 0.1) is 16.8 Å². The van der Waals surface area contributed by atoms with E-state index in [1.54, 1.807) is 23.6 Å². The summed E-state index contributed by atoms with van der Waals surface area (Å²) in [5.41, 5.74) is 4.34. The van der Waals surface area contributed by atoms with Crippen molar-refractivity contribution in [3.05, 3.63) is 40.0 Å². The van der Waals surface area contributed by atoms with E-state index in [0.717, 1.165) is 29.8 Å². The minimum Gasteiger partial charge on any atom is -0.340 e. The van der Waals surface area contributed by atoms with Gasteiger partial charge in [0.1, 0.15) is 6.54 Å². The van der Waals surface area contributed by atoms with Gasteiger partial charge in [-0.1, -0.05) is 0 Å². The van der Waals surface area contributed by atoms with Crippen LogP contribution in [-0.4, -0.2) is 42.4 Å². The van der Waals surface area contributed by atoms with Crippen LogP contribution in [0.15, 0.2) is 6.07 Å². The van der Waals surface area contributed by atoms with Gasteiger partial charge in [0.2, 0.25) is 5.91 Å². The molecule has 1 aliphatic carbocycles. The summed E-state index contributed by atoms with van der Waals surface area (Å²) in [5, 5.41) is 9.12. The topological polar surface area (TPSA) is 68.8 Å². The molecule has 0 radical (unpaired) electrons. The highest BCUT2D eigenvalue weighted by atomic mass is 19.3. The lowest BCUT2D eigenvalue weighted by Gasteiger charge is -2.18. The highest BCUT2D eigenvalue weighted by molar-refractivity contribution is 5.85. The van der Waals surface area contributed by atoms with Gasteiger partial charge < -0.3 is 4.90 Å². The molecule has 30 heavy (non-hydrogen) atoms. The molecular formula is C21H26F2N6O. The fraction of sp³-hybridized carbons (Fsp3) is 0.524. The Morgan fingerprint density at radius 2 is 1.93 bits per heavy atom. The zero-order valence-corrected chi connectivity index (χ0v) is 17.9. The fourth-order valence-corrected chi connectivity index (χ4v) is 3.90. The minimum atomic E-state index is -2.61. The lowest BCUT2D eigenvalue weighted by molar-refractivity contribution is -0.131. The predicted octanol–water partition coefficient (Wildman–Crippen LogP) is 3.56. The van der Waals surface area contributed by atoms with E-state index in [1.807, 2.05) is 20.9 Å². The van der Waals surface area contributed by atoms with Crippen molar-refractivity contribution in [2.75, 3.05) is 7.05 Å². The maximum atomic E-state index is 13.7. The summed E-state index contributed by atoms with van der Waals surface area (Å²) in [6, 6.07) is 1.51. The first-order chi connectivity index (χ1) is 14.2. The quantitative estimate of drug-likeness (QED) is 0.616. The lowest BCUT2D eigenvalue weighted by Crippen LogP contribution is -2.30. The van der Waals surface area contributed by atoms with Crippen molar-refractivity contribution in [2.24, 2.45) is 7.05 Å². The van der Waals surface area contributed by atoms with E-state index in [0.29, 0.717) is 29.0 Å². The zero-order valence-electron chi connectivity index (χ0n) is 17.9. The SMILES string of the molecule is Cc1nn(C)c(C)c1CN(C)C(=O)Cn1nc(C)c2c(C(F)F)cc(C3CC3)nc21. The van der Waals surface area contributed by atoms with Gasteiger partial charge in [-0.15, -0.1) is 0 Å². The van der Waals surface area contributed by atoms with E-state index in [1.165, 1.54) is 10.7 Å². The molecule has 1 saturated carbocycles. The Hall–Kier alpha value is -2.84. The Kier molecular flexibility index (Phi) is 5.07. The average Bonchev–Trinajstić information content (AvgIpc) is 3.45. The van der Waals surface area contributed by atoms with Crippen molar-refractivity contribution in [1.29, 1.82) is 0 Å². The van der Waals surface area contributed by atoms with E-state index in [-0.39, 0.29) is 23.9 Å². The molecule has 1 fully saturated rings. The predicted molar refractivity (Wildman–Crippen MR) is 108 cm³/mol. The number of carbonyl (C=O) groups excluding carboxylic acids is 1. The molecule has 7 nitrogen and oxygen atoms in total.